The van der Waals surface area contributed by atoms with E-state index >= 15 is 0 Å². The van der Waals surface area contributed by atoms with Crippen molar-refractivity contribution in [2.75, 3.05) is 14.2 Å². The molecule has 0 radical (unpaired) electrons. The van der Waals surface area contributed by atoms with Gasteiger partial charge in [0.25, 0.3) is 0 Å². The quantitative estimate of drug-likeness (QED) is 0.741. The normalized spacial score (nSPS) is 12.5. The molecule has 3 aromatic rings. The monoisotopic (exact) mass is 317 g/mol. The minimum atomic E-state index is 0.0426. The van der Waals surface area contributed by atoms with Crippen LogP contribution in [0.3, 0.4) is 0 Å². The zero-order chi connectivity index (χ0) is 14.8. The topological polar surface area (TPSA) is 21.3 Å². The molecule has 0 fully saturated rings. The lowest BCUT2D eigenvalue weighted by molar-refractivity contribution is 0.405. The molecule has 1 N–H and O–H groups in total. The lowest BCUT2D eigenvalue weighted by Gasteiger charge is -2.21. The van der Waals surface area contributed by atoms with Gasteiger partial charge >= 0.3 is 0 Å². The number of halogens is 1. The fourth-order valence-electron chi connectivity index (χ4n) is 2.65. The molecule has 0 amide bonds. The van der Waals surface area contributed by atoms with Gasteiger partial charge in [0.15, 0.2) is 0 Å². The Balaban J connectivity index is 2.19. The van der Waals surface area contributed by atoms with E-state index in [1.807, 2.05) is 25.2 Å². The molecule has 0 saturated heterocycles. The molecule has 2 nitrogen and oxygen atoms in total. The summed E-state index contributed by atoms with van der Waals surface area (Å²) in [5, 5.41) is 7.48. The van der Waals surface area contributed by atoms with Gasteiger partial charge in [-0.25, -0.2) is 0 Å². The Morgan fingerprint density at radius 1 is 1.14 bits per heavy atom. The Hall–Kier alpha value is -1.55. The molecule has 1 aromatic heterocycles. The van der Waals surface area contributed by atoms with E-state index in [9.17, 15) is 0 Å². The summed E-state index contributed by atoms with van der Waals surface area (Å²) in [6.07, 6.45) is 0. The standard InChI is InChI=1S/C17H16ClNOS/c1-19-16(14-10-12(18)6-7-15(14)20-2)13-5-3-4-11-8-9-21-17(11)13/h3-10,16,19H,1-2H3. The van der Waals surface area contributed by atoms with Crippen LogP contribution in [0.25, 0.3) is 10.1 Å². The van der Waals surface area contributed by atoms with Crippen LogP contribution in [0.1, 0.15) is 17.2 Å². The molecule has 21 heavy (non-hydrogen) atoms. The number of hydrogen-bond donors (Lipinski definition) is 1. The summed E-state index contributed by atoms with van der Waals surface area (Å²) in [5.74, 6) is 0.840. The summed E-state index contributed by atoms with van der Waals surface area (Å²) in [6.45, 7) is 0. The van der Waals surface area contributed by atoms with Gasteiger partial charge in [-0.15, -0.1) is 11.3 Å². The van der Waals surface area contributed by atoms with Gasteiger partial charge in [-0.3, -0.25) is 0 Å². The third-order valence-corrected chi connectivity index (χ3v) is 4.83. The van der Waals surface area contributed by atoms with E-state index < -0.39 is 0 Å². The number of hydrogen-bond acceptors (Lipinski definition) is 3. The first kappa shape index (κ1) is 14.4. The van der Waals surface area contributed by atoms with Gasteiger partial charge in [0.2, 0.25) is 0 Å². The smallest absolute Gasteiger partial charge is 0.124 e. The van der Waals surface area contributed by atoms with Gasteiger partial charge in [-0.05, 0) is 47.6 Å². The third kappa shape index (κ3) is 2.64. The Morgan fingerprint density at radius 2 is 2.00 bits per heavy atom. The second-order valence-electron chi connectivity index (χ2n) is 4.79. The Kier molecular flexibility index (Phi) is 4.15. The van der Waals surface area contributed by atoms with E-state index in [1.165, 1.54) is 15.6 Å². The molecule has 4 heteroatoms. The number of methoxy groups -OCH3 is 1. The molecule has 2 aromatic carbocycles. The number of nitrogens with one attached hydrogen (secondary N) is 1. The molecule has 0 aliphatic heterocycles. The Bertz CT molecular complexity index is 768. The molecule has 1 unspecified atom stereocenters. The highest BCUT2D eigenvalue weighted by molar-refractivity contribution is 7.17. The van der Waals surface area contributed by atoms with Crippen molar-refractivity contribution in [3.8, 4) is 5.75 Å². The van der Waals surface area contributed by atoms with Crippen LogP contribution < -0.4 is 10.1 Å². The minimum Gasteiger partial charge on any atom is -0.496 e. The first-order valence-electron chi connectivity index (χ1n) is 6.71. The van der Waals surface area contributed by atoms with E-state index in [4.69, 9.17) is 16.3 Å². The number of fused-ring (bicyclic) bond motifs is 1. The summed E-state index contributed by atoms with van der Waals surface area (Å²) in [7, 11) is 3.64. The molecule has 0 aliphatic carbocycles. The highest BCUT2D eigenvalue weighted by atomic mass is 35.5. The van der Waals surface area contributed by atoms with Crippen LogP contribution in [0, 0.1) is 0 Å². The highest BCUT2D eigenvalue weighted by Crippen LogP contribution is 2.36. The van der Waals surface area contributed by atoms with Crippen molar-refractivity contribution in [2.45, 2.75) is 6.04 Å². The van der Waals surface area contributed by atoms with Crippen molar-refractivity contribution in [3.05, 3.63) is 64.0 Å². The molecular weight excluding hydrogens is 302 g/mol. The maximum atomic E-state index is 6.18. The van der Waals surface area contributed by atoms with Gasteiger partial charge in [0, 0.05) is 15.3 Å². The van der Waals surface area contributed by atoms with Crippen LogP contribution in [0.4, 0.5) is 0 Å². The zero-order valence-corrected chi connectivity index (χ0v) is 13.5. The van der Waals surface area contributed by atoms with Crippen molar-refractivity contribution in [2.24, 2.45) is 0 Å². The number of thiophene rings is 1. The van der Waals surface area contributed by atoms with Gasteiger partial charge < -0.3 is 10.1 Å². The lowest BCUT2D eigenvalue weighted by atomic mass is 9.97. The van der Waals surface area contributed by atoms with Crippen molar-refractivity contribution in [1.82, 2.24) is 5.32 Å². The van der Waals surface area contributed by atoms with Gasteiger partial charge in [0.1, 0.15) is 5.75 Å². The molecule has 0 saturated carbocycles. The van der Waals surface area contributed by atoms with Crippen LogP contribution in [-0.4, -0.2) is 14.2 Å². The van der Waals surface area contributed by atoms with Crippen molar-refractivity contribution in [3.63, 3.8) is 0 Å². The fraction of sp³-hybridized carbons (Fsp3) is 0.176. The van der Waals surface area contributed by atoms with Crippen LogP contribution in [0.15, 0.2) is 47.8 Å². The number of benzene rings is 2. The zero-order valence-electron chi connectivity index (χ0n) is 11.9. The van der Waals surface area contributed by atoms with Crippen LogP contribution in [0.2, 0.25) is 5.02 Å². The number of ether oxygens (including phenoxy) is 1. The molecule has 0 spiro atoms. The Labute approximate surface area is 133 Å². The molecule has 3 rings (SSSR count). The van der Waals surface area contributed by atoms with Crippen molar-refractivity contribution >= 4 is 33.0 Å². The summed E-state index contributed by atoms with van der Waals surface area (Å²) in [6, 6.07) is 14.3. The predicted molar refractivity (Wildman–Crippen MR) is 90.7 cm³/mol. The van der Waals surface area contributed by atoms with Gasteiger partial charge in [-0.2, -0.15) is 0 Å². The van der Waals surface area contributed by atoms with Crippen molar-refractivity contribution in [1.29, 1.82) is 0 Å². The summed E-state index contributed by atoms with van der Waals surface area (Å²) >= 11 is 7.93. The first-order valence-corrected chi connectivity index (χ1v) is 7.97. The highest BCUT2D eigenvalue weighted by Gasteiger charge is 2.19. The van der Waals surface area contributed by atoms with E-state index in [2.05, 4.69) is 35.0 Å². The number of rotatable bonds is 4. The van der Waals surface area contributed by atoms with E-state index in [1.54, 1.807) is 18.4 Å². The SMILES string of the molecule is CNC(c1cc(Cl)ccc1OC)c1cccc2ccsc12. The van der Waals surface area contributed by atoms with Crippen LogP contribution in [-0.2, 0) is 0 Å². The van der Waals surface area contributed by atoms with E-state index in [0.29, 0.717) is 5.02 Å². The second kappa shape index (κ2) is 6.06. The summed E-state index contributed by atoms with van der Waals surface area (Å²) in [5.41, 5.74) is 2.29. The fourth-order valence-corrected chi connectivity index (χ4v) is 3.78. The summed E-state index contributed by atoms with van der Waals surface area (Å²) in [4.78, 5) is 0. The predicted octanol–water partition coefficient (Wildman–Crippen LogP) is 4.87. The molecular formula is C17H16ClNOS. The summed E-state index contributed by atoms with van der Waals surface area (Å²) < 4.78 is 6.79. The third-order valence-electron chi connectivity index (χ3n) is 3.61. The second-order valence-corrected chi connectivity index (χ2v) is 6.15. The molecule has 1 heterocycles. The van der Waals surface area contributed by atoms with Crippen LogP contribution >= 0.6 is 22.9 Å². The van der Waals surface area contributed by atoms with Crippen LogP contribution in [0.5, 0.6) is 5.75 Å². The Morgan fingerprint density at radius 3 is 2.76 bits per heavy atom. The lowest BCUT2D eigenvalue weighted by Crippen LogP contribution is -2.18. The molecule has 0 bridgehead atoms. The first-order chi connectivity index (χ1) is 10.2. The van der Waals surface area contributed by atoms with E-state index in [-0.39, 0.29) is 6.04 Å². The van der Waals surface area contributed by atoms with E-state index in [0.717, 1.165) is 11.3 Å². The maximum absolute atomic E-state index is 6.18. The minimum absolute atomic E-state index is 0.0426. The molecule has 0 aliphatic rings. The average molecular weight is 318 g/mol. The molecule has 108 valence electrons. The van der Waals surface area contributed by atoms with Gasteiger partial charge in [0.05, 0.1) is 13.2 Å². The average Bonchev–Trinajstić information content (AvgIpc) is 2.97. The maximum Gasteiger partial charge on any atom is 0.124 e. The largest absolute Gasteiger partial charge is 0.496 e. The molecule has 1 atom stereocenters. The van der Waals surface area contributed by atoms with Gasteiger partial charge in [-0.1, -0.05) is 29.8 Å². The van der Waals surface area contributed by atoms with Crippen molar-refractivity contribution < 1.29 is 4.74 Å².